The average molecular weight is 359 g/mol. The smallest absolute Gasteiger partial charge is 0.261 e. The van der Waals surface area contributed by atoms with Gasteiger partial charge in [0.15, 0.2) is 0 Å². The molecular formula is C18H21N3O3S. The molecule has 1 saturated heterocycles. The highest BCUT2D eigenvalue weighted by Crippen LogP contribution is 2.18. The highest BCUT2D eigenvalue weighted by molar-refractivity contribution is 7.92. The molecule has 1 heterocycles. The van der Waals surface area contributed by atoms with Crippen molar-refractivity contribution >= 4 is 27.3 Å². The minimum Gasteiger partial charge on any atom is -0.325 e. The second-order valence-electron chi connectivity index (χ2n) is 5.99. The van der Waals surface area contributed by atoms with Crippen LogP contribution in [0.5, 0.6) is 0 Å². The number of nitrogens with one attached hydrogen (secondary N) is 3. The van der Waals surface area contributed by atoms with Crippen molar-refractivity contribution in [3.63, 3.8) is 0 Å². The van der Waals surface area contributed by atoms with Crippen LogP contribution in [0, 0.1) is 0 Å². The normalized spacial score (nSPS) is 17.7. The third-order valence-corrected chi connectivity index (χ3v) is 5.48. The Morgan fingerprint density at radius 3 is 2.32 bits per heavy atom. The van der Waals surface area contributed by atoms with E-state index in [2.05, 4.69) is 15.4 Å². The number of hydrogen-bond donors (Lipinski definition) is 3. The molecule has 0 aliphatic carbocycles. The molecule has 0 radical (unpaired) electrons. The fraction of sp³-hybridized carbons (Fsp3) is 0.278. The van der Waals surface area contributed by atoms with Gasteiger partial charge in [0, 0.05) is 11.4 Å². The number of amides is 1. The molecule has 0 aromatic heterocycles. The van der Waals surface area contributed by atoms with Gasteiger partial charge < -0.3 is 10.6 Å². The lowest BCUT2D eigenvalue weighted by molar-refractivity contribution is -0.118. The van der Waals surface area contributed by atoms with E-state index in [1.54, 1.807) is 36.4 Å². The monoisotopic (exact) mass is 359 g/mol. The third kappa shape index (κ3) is 4.58. The van der Waals surface area contributed by atoms with E-state index in [0.717, 1.165) is 25.8 Å². The molecule has 3 N–H and O–H groups in total. The first-order valence-electron chi connectivity index (χ1n) is 8.27. The molecule has 2 aromatic rings. The Balaban J connectivity index is 1.66. The van der Waals surface area contributed by atoms with Crippen LogP contribution in [-0.4, -0.2) is 26.9 Å². The fourth-order valence-electron chi connectivity index (χ4n) is 2.74. The first-order chi connectivity index (χ1) is 12.0. The second-order valence-corrected chi connectivity index (χ2v) is 7.67. The summed E-state index contributed by atoms with van der Waals surface area (Å²) >= 11 is 0. The Labute approximate surface area is 147 Å². The molecule has 1 aliphatic heterocycles. The van der Waals surface area contributed by atoms with Crippen LogP contribution in [0.2, 0.25) is 0 Å². The van der Waals surface area contributed by atoms with Crippen LogP contribution in [0.25, 0.3) is 0 Å². The molecule has 7 heteroatoms. The maximum atomic E-state index is 12.4. The SMILES string of the molecule is O=C(Nc1ccc(S(=O)(=O)Nc2ccccc2)cc1)C1CCCCN1. The summed E-state index contributed by atoms with van der Waals surface area (Å²) in [5, 5.41) is 6.01. The predicted molar refractivity (Wildman–Crippen MR) is 98.0 cm³/mol. The van der Waals surface area contributed by atoms with Crippen LogP contribution in [-0.2, 0) is 14.8 Å². The Morgan fingerprint density at radius 1 is 0.960 bits per heavy atom. The molecule has 1 unspecified atom stereocenters. The minimum absolute atomic E-state index is 0.0854. The molecule has 0 spiro atoms. The Hall–Kier alpha value is -2.38. The van der Waals surface area contributed by atoms with Crippen molar-refractivity contribution in [3.05, 3.63) is 54.6 Å². The molecule has 1 fully saturated rings. The van der Waals surface area contributed by atoms with Crippen LogP contribution in [0.15, 0.2) is 59.5 Å². The Morgan fingerprint density at radius 2 is 1.68 bits per heavy atom. The summed E-state index contributed by atoms with van der Waals surface area (Å²) in [6.07, 6.45) is 2.94. The van der Waals surface area contributed by atoms with Crippen LogP contribution < -0.4 is 15.4 Å². The van der Waals surface area contributed by atoms with Gasteiger partial charge in [0.05, 0.1) is 10.9 Å². The van der Waals surface area contributed by atoms with Crippen molar-refractivity contribution in [2.75, 3.05) is 16.6 Å². The van der Waals surface area contributed by atoms with E-state index in [1.165, 1.54) is 12.1 Å². The van der Waals surface area contributed by atoms with Crippen molar-refractivity contribution in [1.82, 2.24) is 5.32 Å². The Kier molecular flexibility index (Phi) is 5.35. The zero-order valence-electron chi connectivity index (χ0n) is 13.7. The highest BCUT2D eigenvalue weighted by atomic mass is 32.2. The highest BCUT2D eigenvalue weighted by Gasteiger charge is 2.20. The quantitative estimate of drug-likeness (QED) is 0.766. The van der Waals surface area contributed by atoms with E-state index in [1.807, 2.05) is 6.07 Å². The molecule has 132 valence electrons. The van der Waals surface area contributed by atoms with E-state index in [-0.39, 0.29) is 16.8 Å². The molecule has 1 aliphatic rings. The molecule has 6 nitrogen and oxygen atoms in total. The van der Waals surface area contributed by atoms with E-state index < -0.39 is 10.0 Å². The minimum atomic E-state index is -3.65. The largest absolute Gasteiger partial charge is 0.325 e. The first kappa shape index (κ1) is 17.4. The topological polar surface area (TPSA) is 87.3 Å². The average Bonchev–Trinajstić information content (AvgIpc) is 2.63. The summed E-state index contributed by atoms with van der Waals surface area (Å²) in [4.78, 5) is 12.3. The number of carbonyl (C=O) groups excluding carboxylic acids is 1. The zero-order chi connectivity index (χ0) is 17.7. The summed E-state index contributed by atoms with van der Waals surface area (Å²) in [6.45, 7) is 0.848. The van der Waals surface area contributed by atoms with E-state index >= 15 is 0 Å². The van der Waals surface area contributed by atoms with Gasteiger partial charge in [-0.15, -0.1) is 0 Å². The summed E-state index contributed by atoms with van der Waals surface area (Å²) in [6, 6.07) is 14.7. The number of carbonyl (C=O) groups is 1. The van der Waals surface area contributed by atoms with Crippen molar-refractivity contribution in [2.45, 2.75) is 30.2 Å². The third-order valence-electron chi connectivity index (χ3n) is 4.08. The van der Waals surface area contributed by atoms with E-state index in [4.69, 9.17) is 0 Å². The summed E-state index contributed by atoms with van der Waals surface area (Å²) in [5.41, 5.74) is 1.08. The summed E-state index contributed by atoms with van der Waals surface area (Å²) in [5.74, 6) is -0.0854. The van der Waals surface area contributed by atoms with Gasteiger partial charge in [-0.25, -0.2) is 8.42 Å². The van der Waals surface area contributed by atoms with Gasteiger partial charge in [-0.3, -0.25) is 9.52 Å². The van der Waals surface area contributed by atoms with Gasteiger partial charge in [0.2, 0.25) is 5.91 Å². The van der Waals surface area contributed by atoms with Gasteiger partial charge in [-0.05, 0) is 55.8 Å². The zero-order valence-corrected chi connectivity index (χ0v) is 14.6. The fourth-order valence-corrected chi connectivity index (χ4v) is 3.80. The lowest BCUT2D eigenvalue weighted by atomic mass is 10.0. The molecule has 25 heavy (non-hydrogen) atoms. The molecule has 0 bridgehead atoms. The summed E-state index contributed by atoms with van der Waals surface area (Å²) in [7, 11) is -3.65. The van der Waals surface area contributed by atoms with E-state index in [0.29, 0.717) is 11.4 Å². The maximum Gasteiger partial charge on any atom is 0.261 e. The molecule has 0 saturated carbocycles. The number of anilines is 2. The molecule has 3 rings (SSSR count). The Bertz CT molecular complexity index is 814. The van der Waals surface area contributed by atoms with Gasteiger partial charge in [0.25, 0.3) is 10.0 Å². The summed E-state index contributed by atoms with van der Waals surface area (Å²) < 4.78 is 27.3. The van der Waals surface area contributed by atoms with Crippen molar-refractivity contribution in [1.29, 1.82) is 0 Å². The van der Waals surface area contributed by atoms with Gasteiger partial charge in [-0.1, -0.05) is 24.6 Å². The number of benzene rings is 2. The standard InChI is InChI=1S/C18H21N3O3S/c22-18(17-8-4-5-13-19-17)20-14-9-11-16(12-10-14)25(23,24)21-15-6-2-1-3-7-15/h1-3,6-7,9-12,17,19,21H,4-5,8,13H2,(H,20,22). The van der Waals surface area contributed by atoms with Crippen molar-refractivity contribution in [3.8, 4) is 0 Å². The second kappa shape index (κ2) is 7.67. The lowest BCUT2D eigenvalue weighted by Crippen LogP contribution is -2.43. The predicted octanol–water partition coefficient (Wildman–Crippen LogP) is 2.57. The maximum absolute atomic E-state index is 12.4. The molecule has 1 amide bonds. The first-order valence-corrected chi connectivity index (χ1v) is 9.75. The number of rotatable bonds is 5. The number of sulfonamides is 1. The lowest BCUT2D eigenvalue weighted by Gasteiger charge is -2.22. The van der Waals surface area contributed by atoms with Gasteiger partial charge >= 0.3 is 0 Å². The van der Waals surface area contributed by atoms with E-state index in [9.17, 15) is 13.2 Å². The number of hydrogen-bond acceptors (Lipinski definition) is 4. The number of para-hydroxylation sites is 1. The molecule has 1 atom stereocenters. The molecule has 2 aromatic carbocycles. The molecular weight excluding hydrogens is 338 g/mol. The van der Waals surface area contributed by atoms with Gasteiger partial charge in [0.1, 0.15) is 0 Å². The van der Waals surface area contributed by atoms with Crippen LogP contribution in [0.3, 0.4) is 0 Å². The number of piperidine rings is 1. The van der Waals surface area contributed by atoms with Crippen LogP contribution >= 0.6 is 0 Å². The van der Waals surface area contributed by atoms with Gasteiger partial charge in [-0.2, -0.15) is 0 Å². The van der Waals surface area contributed by atoms with Crippen LogP contribution in [0.4, 0.5) is 11.4 Å². The van der Waals surface area contributed by atoms with Crippen molar-refractivity contribution < 1.29 is 13.2 Å². The van der Waals surface area contributed by atoms with Crippen LogP contribution in [0.1, 0.15) is 19.3 Å². The van der Waals surface area contributed by atoms with Crippen molar-refractivity contribution in [2.24, 2.45) is 0 Å².